The Morgan fingerprint density at radius 2 is 1.41 bits per heavy atom. The summed E-state index contributed by atoms with van der Waals surface area (Å²) < 4.78 is 27.0. The fraction of sp³-hybridized carbons (Fsp3) is 0.190. The minimum absolute atomic E-state index is 0.121. The largest absolute Gasteiger partial charge is 0.333 e. The van der Waals surface area contributed by atoms with Gasteiger partial charge in [0, 0.05) is 20.1 Å². The van der Waals surface area contributed by atoms with Crippen molar-refractivity contribution in [2.75, 3.05) is 13.6 Å². The lowest BCUT2D eigenvalue weighted by atomic mass is 10.1. The number of sulfonamides is 1. The molecule has 0 N–H and O–H groups in total. The van der Waals surface area contributed by atoms with E-state index in [2.05, 4.69) is 0 Å². The number of benzene rings is 2. The molecule has 8 heteroatoms. The molecule has 3 aromatic rings. The van der Waals surface area contributed by atoms with Gasteiger partial charge in [-0.1, -0.05) is 72.3 Å². The number of halogens is 1. The summed E-state index contributed by atoms with van der Waals surface area (Å²) in [6, 6.07) is 22.3. The molecule has 2 aromatic carbocycles. The van der Waals surface area contributed by atoms with E-state index in [4.69, 9.17) is 11.6 Å². The summed E-state index contributed by atoms with van der Waals surface area (Å²) >= 11 is 6.84. The van der Waals surface area contributed by atoms with Gasteiger partial charge in [0.05, 0.1) is 10.9 Å². The van der Waals surface area contributed by atoms with Crippen LogP contribution in [0.15, 0.2) is 77.0 Å². The molecule has 5 nitrogen and oxygen atoms in total. The van der Waals surface area contributed by atoms with Gasteiger partial charge in [0.1, 0.15) is 4.21 Å². The lowest BCUT2D eigenvalue weighted by molar-refractivity contribution is -0.132. The minimum atomic E-state index is -3.77. The number of thiophene rings is 1. The maximum Gasteiger partial charge on any atom is 0.252 e. The number of rotatable bonds is 8. The highest BCUT2D eigenvalue weighted by molar-refractivity contribution is 7.91. The van der Waals surface area contributed by atoms with E-state index in [1.165, 1.54) is 19.2 Å². The van der Waals surface area contributed by atoms with Gasteiger partial charge in [-0.05, 0) is 23.3 Å². The van der Waals surface area contributed by atoms with Crippen LogP contribution in [0.4, 0.5) is 0 Å². The Bertz CT molecular complexity index is 1010. The summed E-state index contributed by atoms with van der Waals surface area (Å²) in [6.45, 7) is 0.540. The SMILES string of the molecule is CN(CC(=O)N(Cc1ccccc1)Cc1ccccc1)S(=O)(=O)c1ccc(Cl)s1. The Balaban J connectivity index is 1.78. The molecule has 1 aromatic heterocycles. The molecule has 0 saturated carbocycles. The zero-order chi connectivity index (χ0) is 20.9. The van der Waals surface area contributed by atoms with Gasteiger partial charge in [-0.15, -0.1) is 11.3 Å². The number of carbonyl (C=O) groups excluding carboxylic acids is 1. The van der Waals surface area contributed by atoms with E-state index >= 15 is 0 Å². The van der Waals surface area contributed by atoms with Crippen molar-refractivity contribution < 1.29 is 13.2 Å². The number of amides is 1. The molecule has 0 radical (unpaired) electrons. The van der Waals surface area contributed by atoms with E-state index in [9.17, 15) is 13.2 Å². The highest BCUT2D eigenvalue weighted by Crippen LogP contribution is 2.27. The molecule has 0 bridgehead atoms. The van der Waals surface area contributed by atoms with Gasteiger partial charge in [0.25, 0.3) is 10.0 Å². The van der Waals surface area contributed by atoms with Gasteiger partial charge >= 0.3 is 0 Å². The maximum absolute atomic E-state index is 13.0. The van der Waals surface area contributed by atoms with E-state index in [1.54, 1.807) is 4.90 Å². The van der Waals surface area contributed by atoms with Crippen molar-refractivity contribution in [3.63, 3.8) is 0 Å². The van der Waals surface area contributed by atoms with E-state index < -0.39 is 10.0 Å². The number of hydrogen-bond acceptors (Lipinski definition) is 4. The summed E-state index contributed by atoms with van der Waals surface area (Å²) in [5.41, 5.74) is 1.96. The van der Waals surface area contributed by atoms with Crippen LogP contribution in [0, 0.1) is 0 Å². The molecule has 0 aliphatic rings. The third kappa shape index (κ3) is 5.67. The second-order valence-corrected chi connectivity index (χ2v) is 10.5. The number of likely N-dealkylation sites (N-methyl/N-ethyl adjacent to an activating group) is 1. The fourth-order valence-corrected chi connectivity index (χ4v) is 5.62. The lowest BCUT2D eigenvalue weighted by Gasteiger charge is -2.25. The number of nitrogens with zero attached hydrogens (tertiary/aromatic N) is 2. The van der Waals surface area contributed by atoms with Gasteiger partial charge in [-0.25, -0.2) is 8.42 Å². The summed E-state index contributed by atoms with van der Waals surface area (Å²) in [4.78, 5) is 14.7. The summed E-state index contributed by atoms with van der Waals surface area (Å²) in [5.74, 6) is -0.272. The summed E-state index contributed by atoms with van der Waals surface area (Å²) in [5, 5.41) is 0. The van der Waals surface area contributed by atoms with Gasteiger partial charge in [0.2, 0.25) is 5.91 Å². The van der Waals surface area contributed by atoms with Crippen LogP contribution in [0.25, 0.3) is 0 Å². The zero-order valence-corrected chi connectivity index (χ0v) is 18.3. The van der Waals surface area contributed by atoms with Crippen LogP contribution in [0.3, 0.4) is 0 Å². The van der Waals surface area contributed by atoms with Crippen LogP contribution >= 0.6 is 22.9 Å². The number of hydrogen-bond donors (Lipinski definition) is 0. The molecular formula is C21H21ClN2O3S2. The molecule has 29 heavy (non-hydrogen) atoms. The van der Waals surface area contributed by atoms with Gasteiger partial charge in [-0.2, -0.15) is 4.31 Å². The van der Waals surface area contributed by atoms with E-state index in [0.717, 1.165) is 26.8 Å². The predicted octanol–water partition coefficient (Wildman–Crippen LogP) is 4.25. The third-order valence-electron chi connectivity index (χ3n) is 4.36. The first kappa shape index (κ1) is 21.5. The average molecular weight is 449 g/mol. The predicted molar refractivity (Wildman–Crippen MR) is 116 cm³/mol. The average Bonchev–Trinajstić information content (AvgIpc) is 3.16. The van der Waals surface area contributed by atoms with Crippen LogP contribution < -0.4 is 0 Å². The zero-order valence-electron chi connectivity index (χ0n) is 15.9. The maximum atomic E-state index is 13.0. The molecule has 0 spiro atoms. The smallest absolute Gasteiger partial charge is 0.252 e. The Morgan fingerprint density at radius 1 is 0.897 bits per heavy atom. The van der Waals surface area contributed by atoms with Crippen molar-refractivity contribution in [3.8, 4) is 0 Å². The topological polar surface area (TPSA) is 57.7 Å². The second-order valence-electron chi connectivity index (χ2n) is 6.54. The molecule has 3 rings (SSSR count). The van der Waals surface area contributed by atoms with Crippen LogP contribution in [0.5, 0.6) is 0 Å². The van der Waals surface area contributed by atoms with E-state index in [-0.39, 0.29) is 16.7 Å². The molecule has 1 heterocycles. The molecule has 0 aliphatic carbocycles. The monoisotopic (exact) mass is 448 g/mol. The van der Waals surface area contributed by atoms with Crippen molar-refractivity contribution in [2.45, 2.75) is 17.3 Å². The molecule has 0 atom stereocenters. The normalized spacial score (nSPS) is 11.6. The fourth-order valence-electron chi connectivity index (χ4n) is 2.81. The molecule has 1 amide bonds. The van der Waals surface area contributed by atoms with Crippen LogP contribution in [0.1, 0.15) is 11.1 Å². The van der Waals surface area contributed by atoms with Crippen LogP contribution in [0.2, 0.25) is 4.34 Å². The molecule has 0 fully saturated rings. The van der Waals surface area contributed by atoms with Crippen molar-refractivity contribution in [1.82, 2.24) is 9.21 Å². The Morgan fingerprint density at radius 3 is 1.86 bits per heavy atom. The Labute approximate surface area is 180 Å². The first-order chi connectivity index (χ1) is 13.9. The molecule has 0 unspecified atom stereocenters. The van der Waals surface area contributed by atoms with Gasteiger partial charge in [0.15, 0.2) is 0 Å². The van der Waals surface area contributed by atoms with Crippen molar-refractivity contribution in [3.05, 3.63) is 88.3 Å². The number of carbonyl (C=O) groups is 1. The van der Waals surface area contributed by atoms with Crippen molar-refractivity contribution in [1.29, 1.82) is 0 Å². The van der Waals surface area contributed by atoms with Gasteiger partial charge < -0.3 is 4.90 Å². The quantitative estimate of drug-likeness (QED) is 0.517. The van der Waals surface area contributed by atoms with Crippen molar-refractivity contribution in [2.24, 2.45) is 0 Å². The first-order valence-electron chi connectivity index (χ1n) is 8.93. The summed E-state index contributed by atoms with van der Waals surface area (Å²) in [6.07, 6.45) is 0. The van der Waals surface area contributed by atoms with E-state index in [0.29, 0.717) is 17.4 Å². The van der Waals surface area contributed by atoms with Crippen LogP contribution in [-0.4, -0.2) is 37.1 Å². The second kappa shape index (κ2) is 9.54. The Hall–Kier alpha value is -2.19. The van der Waals surface area contributed by atoms with E-state index in [1.807, 2.05) is 60.7 Å². The molecule has 152 valence electrons. The lowest BCUT2D eigenvalue weighted by Crippen LogP contribution is -2.40. The highest BCUT2D eigenvalue weighted by Gasteiger charge is 2.26. The minimum Gasteiger partial charge on any atom is -0.333 e. The first-order valence-corrected chi connectivity index (χ1v) is 11.6. The van der Waals surface area contributed by atoms with Gasteiger partial charge in [-0.3, -0.25) is 4.79 Å². The van der Waals surface area contributed by atoms with Crippen LogP contribution in [-0.2, 0) is 27.9 Å². The third-order valence-corrected chi connectivity index (χ3v) is 7.86. The summed E-state index contributed by atoms with van der Waals surface area (Å²) in [7, 11) is -2.37. The Kier molecular flexibility index (Phi) is 7.08. The highest BCUT2D eigenvalue weighted by atomic mass is 35.5. The molecule has 0 saturated heterocycles. The molecule has 0 aliphatic heterocycles. The molecular weight excluding hydrogens is 428 g/mol. The standard InChI is InChI=1S/C21H21ClN2O3S2/c1-23(29(26,27)21-13-12-19(22)28-21)16-20(25)24(14-17-8-4-2-5-9-17)15-18-10-6-3-7-11-18/h2-13H,14-16H2,1H3. The van der Waals surface area contributed by atoms with Crippen molar-refractivity contribution >= 4 is 38.9 Å².